The van der Waals surface area contributed by atoms with Gasteiger partial charge in [-0.3, -0.25) is 0 Å². The maximum Gasteiger partial charge on any atom is 0.427 e. The van der Waals surface area contributed by atoms with Crippen LogP contribution in [0, 0.1) is 0 Å². The van der Waals surface area contributed by atoms with Gasteiger partial charge in [0.15, 0.2) is 0 Å². The number of hydrazone groups is 1. The Morgan fingerprint density at radius 3 is 2.73 bits per heavy atom. The van der Waals surface area contributed by atoms with Crippen LogP contribution in [0.3, 0.4) is 0 Å². The van der Waals surface area contributed by atoms with E-state index in [0.29, 0.717) is 11.4 Å². The van der Waals surface area contributed by atoms with Crippen molar-refractivity contribution >= 4 is 44.2 Å². The smallest absolute Gasteiger partial charge is 0.427 e. The average molecular weight is 344 g/mol. The van der Waals surface area contributed by atoms with Crippen molar-refractivity contribution in [2.45, 2.75) is 36.3 Å². The highest BCUT2D eigenvalue weighted by Gasteiger charge is 2.12. The molecule has 1 amide bonds. The van der Waals surface area contributed by atoms with Crippen molar-refractivity contribution in [3.8, 4) is 0 Å². The van der Waals surface area contributed by atoms with Crippen molar-refractivity contribution < 1.29 is 9.53 Å². The van der Waals surface area contributed by atoms with Crippen LogP contribution in [0.2, 0.25) is 0 Å². The average Bonchev–Trinajstić information content (AvgIpc) is 2.18. The Bertz CT molecular complexity index is 212. The number of carbonyl (C=O) groups excluding carboxylic acids is 1. The van der Waals surface area contributed by atoms with Crippen molar-refractivity contribution in [3.63, 3.8) is 0 Å². The first-order chi connectivity index (χ1) is 7.11. The number of halogens is 2. The summed E-state index contributed by atoms with van der Waals surface area (Å²) in [7, 11) is 0. The Morgan fingerprint density at radius 2 is 2.20 bits per heavy atom. The van der Waals surface area contributed by atoms with E-state index in [2.05, 4.69) is 54.0 Å². The third kappa shape index (κ3) is 7.79. The Labute approximate surface area is 107 Å². The number of hydrogen-bond acceptors (Lipinski definition) is 3. The maximum absolute atomic E-state index is 10.8. The van der Waals surface area contributed by atoms with Crippen LogP contribution in [-0.4, -0.2) is 28.6 Å². The van der Waals surface area contributed by atoms with Crippen molar-refractivity contribution in [3.05, 3.63) is 0 Å². The van der Waals surface area contributed by atoms with E-state index < -0.39 is 6.09 Å². The zero-order chi connectivity index (χ0) is 11.7. The number of nitrogens with one attached hydrogen (secondary N) is 1. The molecule has 0 aromatic rings. The van der Waals surface area contributed by atoms with E-state index in [1.165, 1.54) is 0 Å². The molecule has 0 radical (unpaired) electrons. The maximum atomic E-state index is 10.8. The molecular formula is C9H16Br2N2O2. The van der Waals surface area contributed by atoms with Gasteiger partial charge >= 0.3 is 6.09 Å². The molecule has 0 aliphatic rings. The number of ether oxygens (including phenoxy) is 1. The minimum atomic E-state index is -0.532. The molecule has 15 heavy (non-hydrogen) atoms. The zero-order valence-corrected chi connectivity index (χ0v) is 12.0. The number of carbonyl (C=O) groups is 1. The summed E-state index contributed by atoms with van der Waals surface area (Å²) < 4.78 is 4.64. The van der Waals surface area contributed by atoms with E-state index in [0.717, 1.165) is 12.8 Å². The Morgan fingerprint density at radius 1 is 1.53 bits per heavy atom. The first kappa shape index (κ1) is 14.9. The molecule has 0 spiro atoms. The molecule has 0 aliphatic heterocycles. The molecule has 1 N–H and O–H groups in total. The van der Waals surface area contributed by atoms with E-state index in [1.807, 2.05) is 0 Å². The van der Waals surface area contributed by atoms with Crippen LogP contribution in [0.25, 0.3) is 0 Å². The third-order valence-corrected chi connectivity index (χ3v) is 4.17. The predicted octanol–water partition coefficient (Wildman–Crippen LogP) is 3.05. The van der Waals surface area contributed by atoms with Crippen molar-refractivity contribution in [2.75, 3.05) is 6.61 Å². The Hall–Kier alpha value is -0.100. The minimum Gasteiger partial charge on any atom is -0.449 e. The van der Waals surface area contributed by atoms with Gasteiger partial charge in [0.1, 0.15) is 0 Å². The van der Waals surface area contributed by atoms with E-state index in [9.17, 15) is 4.79 Å². The molecule has 88 valence electrons. The quantitative estimate of drug-likeness (QED) is 0.458. The fourth-order valence-electron chi connectivity index (χ4n) is 0.853. The molecule has 0 aromatic heterocycles. The minimum absolute atomic E-state index is 0.0966. The highest BCUT2D eigenvalue weighted by molar-refractivity contribution is 9.12. The van der Waals surface area contributed by atoms with Gasteiger partial charge in [-0.25, -0.2) is 10.2 Å². The van der Waals surface area contributed by atoms with E-state index in [-0.39, 0.29) is 4.83 Å². The van der Waals surface area contributed by atoms with Gasteiger partial charge in [0, 0.05) is 11.0 Å². The second-order valence-electron chi connectivity index (χ2n) is 2.86. The van der Waals surface area contributed by atoms with Gasteiger partial charge in [0.25, 0.3) is 0 Å². The number of hydrogen-bond donors (Lipinski definition) is 1. The van der Waals surface area contributed by atoms with Crippen molar-refractivity contribution in [2.24, 2.45) is 5.10 Å². The number of alkyl halides is 2. The molecule has 0 aromatic carbocycles. The summed E-state index contributed by atoms with van der Waals surface area (Å²) in [6.45, 7) is 4.20. The molecule has 0 saturated heterocycles. The van der Waals surface area contributed by atoms with Gasteiger partial charge < -0.3 is 4.74 Å². The highest BCUT2D eigenvalue weighted by atomic mass is 79.9. The van der Waals surface area contributed by atoms with Gasteiger partial charge in [-0.15, -0.1) is 0 Å². The fourth-order valence-corrected chi connectivity index (χ4v) is 1.83. The molecule has 2 atom stereocenters. The molecule has 0 fully saturated rings. The van der Waals surface area contributed by atoms with Crippen LogP contribution < -0.4 is 5.43 Å². The summed E-state index contributed by atoms with van der Waals surface area (Å²) in [5.74, 6) is 0. The SMILES string of the molecule is CCCC(Br)C(Br)/C=N/NC(=O)OCC. The van der Waals surface area contributed by atoms with Crippen LogP contribution in [0.4, 0.5) is 4.79 Å². The normalized spacial score (nSPS) is 14.9. The Balaban J connectivity index is 3.79. The molecule has 2 unspecified atom stereocenters. The summed E-state index contributed by atoms with van der Waals surface area (Å²) in [5.41, 5.74) is 2.27. The van der Waals surface area contributed by atoms with Crippen LogP contribution in [0.5, 0.6) is 0 Å². The topological polar surface area (TPSA) is 50.7 Å². The van der Waals surface area contributed by atoms with Crippen LogP contribution in [-0.2, 0) is 4.74 Å². The predicted molar refractivity (Wildman–Crippen MR) is 69.0 cm³/mol. The molecule has 0 bridgehead atoms. The zero-order valence-electron chi connectivity index (χ0n) is 8.87. The van der Waals surface area contributed by atoms with Gasteiger partial charge in [-0.05, 0) is 13.3 Å². The van der Waals surface area contributed by atoms with Gasteiger partial charge in [0.2, 0.25) is 0 Å². The third-order valence-electron chi connectivity index (χ3n) is 1.56. The summed E-state index contributed by atoms with van der Waals surface area (Å²) >= 11 is 6.96. The van der Waals surface area contributed by atoms with Crippen LogP contribution >= 0.6 is 31.9 Å². The highest BCUT2D eigenvalue weighted by Crippen LogP contribution is 2.17. The van der Waals surface area contributed by atoms with Crippen molar-refractivity contribution in [1.29, 1.82) is 0 Å². The largest absolute Gasteiger partial charge is 0.449 e. The molecule has 0 saturated carbocycles. The molecule has 4 nitrogen and oxygen atoms in total. The first-order valence-electron chi connectivity index (χ1n) is 4.85. The fraction of sp³-hybridized carbons (Fsp3) is 0.778. The second-order valence-corrected chi connectivity index (χ2v) is 5.09. The lowest BCUT2D eigenvalue weighted by molar-refractivity contribution is 0.152. The summed E-state index contributed by atoms with van der Waals surface area (Å²) in [6, 6.07) is 0. The molecule has 6 heteroatoms. The van der Waals surface area contributed by atoms with Gasteiger partial charge in [-0.1, -0.05) is 45.2 Å². The number of amides is 1. The molecule has 0 rings (SSSR count). The monoisotopic (exact) mass is 342 g/mol. The van der Waals surface area contributed by atoms with Crippen LogP contribution in [0.15, 0.2) is 5.10 Å². The first-order valence-corrected chi connectivity index (χ1v) is 6.69. The summed E-state index contributed by atoms with van der Waals surface area (Å²) in [4.78, 5) is 11.3. The van der Waals surface area contributed by atoms with Gasteiger partial charge in [-0.2, -0.15) is 5.10 Å². The number of rotatable bonds is 6. The standard InChI is InChI=1S/C9H16Br2N2O2/c1-3-5-7(10)8(11)6-12-13-9(14)15-4-2/h6-8H,3-5H2,1-2H3,(H,13,14)/b12-6+. The summed E-state index contributed by atoms with van der Waals surface area (Å²) in [5, 5.41) is 3.77. The van der Waals surface area contributed by atoms with E-state index >= 15 is 0 Å². The molecular weight excluding hydrogens is 328 g/mol. The van der Waals surface area contributed by atoms with E-state index in [4.69, 9.17) is 0 Å². The lowest BCUT2D eigenvalue weighted by atomic mass is 10.2. The second kappa shape index (κ2) is 9.15. The summed E-state index contributed by atoms with van der Waals surface area (Å²) in [6.07, 6.45) is 3.24. The lowest BCUT2D eigenvalue weighted by Crippen LogP contribution is -2.22. The molecule has 0 aliphatic carbocycles. The number of nitrogens with zero attached hydrogens (tertiary/aromatic N) is 1. The Kier molecular flexibility index (Phi) is 9.09. The lowest BCUT2D eigenvalue weighted by Gasteiger charge is -2.10. The van der Waals surface area contributed by atoms with E-state index in [1.54, 1.807) is 13.1 Å². The van der Waals surface area contributed by atoms with Gasteiger partial charge in [0.05, 0.1) is 11.4 Å². The molecule has 0 heterocycles. The van der Waals surface area contributed by atoms with Crippen LogP contribution in [0.1, 0.15) is 26.7 Å². The van der Waals surface area contributed by atoms with Crippen molar-refractivity contribution in [1.82, 2.24) is 5.43 Å².